The molecule has 1 fully saturated rings. The van der Waals surface area contributed by atoms with Gasteiger partial charge in [0, 0.05) is 6.04 Å². The summed E-state index contributed by atoms with van der Waals surface area (Å²) in [5, 5.41) is 11.6. The molecule has 1 amide bonds. The summed E-state index contributed by atoms with van der Waals surface area (Å²) in [4.78, 5) is 24.6. The average molecular weight is 320 g/mol. The smallest absolute Gasteiger partial charge is 0.304 e. The van der Waals surface area contributed by atoms with Crippen molar-refractivity contribution < 1.29 is 23.1 Å². The molecule has 2 unspecified atom stereocenters. The number of hydrogen-bond acceptors (Lipinski definition) is 5. The first-order valence-electron chi connectivity index (χ1n) is 7.04. The van der Waals surface area contributed by atoms with Gasteiger partial charge in [0.1, 0.15) is 0 Å². The second kappa shape index (κ2) is 6.74. The van der Waals surface area contributed by atoms with E-state index in [4.69, 9.17) is 5.11 Å². The van der Waals surface area contributed by atoms with Crippen LogP contribution in [-0.2, 0) is 19.4 Å². The Morgan fingerprint density at radius 1 is 1.43 bits per heavy atom. The summed E-state index contributed by atoms with van der Waals surface area (Å²) in [6, 6.07) is -0.252. The molecule has 0 aromatic carbocycles. The van der Waals surface area contributed by atoms with E-state index >= 15 is 0 Å². The highest BCUT2D eigenvalue weighted by molar-refractivity contribution is 7.91. The largest absolute Gasteiger partial charge is 0.481 e. The number of nitrogens with one attached hydrogen (secondary N) is 1. The number of carbonyl (C=O) groups is 2. The summed E-state index contributed by atoms with van der Waals surface area (Å²) in [5.74, 6) is -1.12. The van der Waals surface area contributed by atoms with Crippen molar-refractivity contribution in [3.8, 4) is 0 Å². The zero-order valence-electron chi connectivity index (χ0n) is 12.8. The fourth-order valence-corrected chi connectivity index (χ4v) is 4.72. The zero-order valence-corrected chi connectivity index (χ0v) is 13.6. The predicted molar refractivity (Wildman–Crippen MR) is 78.8 cm³/mol. The summed E-state index contributed by atoms with van der Waals surface area (Å²) in [5.41, 5.74) is -0.717. The number of likely N-dealkylation sites (N-methyl/N-ethyl adjacent to an activating group) is 1. The third kappa shape index (κ3) is 5.62. The summed E-state index contributed by atoms with van der Waals surface area (Å²) >= 11 is 0. The van der Waals surface area contributed by atoms with Gasteiger partial charge in [0.05, 0.1) is 30.0 Å². The molecule has 122 valence electrons. The van der Waals surface area contributed by atoms with Gasteiger partial charge in [-0.15, -0.1) is 0 Å². The van der Waals surface area contributed by atoms with Crippen LogP contribution in [-0.4, -0.2) is 66.5 Å². The molecule has 1 heterocycles. The van der Waals surface area contributed by atoms with E-state index in [1.807, 2.05) is 6.92 Å². The number of nitrogens with zero attached hydrogens (tertiary/aromatic N) is 1. The molecule has 0 radical (unpaired) electrons. The van der Waals surface area contributed by atoms with Gasteiger partial charge in [-0.2, -0.15) is 0 Å². The maximum Gasteiger partial charge on any atom is 0.304 e. The molecule has 1 saturated heterocycles. The second-order valence-electron chi connectivity index (χ2n) is 5.96. The van der Waals surface area contributed by atoms with Crippen molar-refractivity contribution in [1.29, 1.82) is 0 Å². The van der Waals surface area contributed by atoms with Crippen LogP contribution in [0.4, 0.5) is 0 Å². The van der Waals surface area contributed by atoms with Crippen molar-refractivity contribution in [3.05, 3.63) is 0 Å². The Bertz CT molecular complexity index is 505. The van der Waals surface area contributed by atoms with Crippen molar-refractivity contribution in [2.24, 2.45) is 0 Å². The first-order chi connectivity index (χ1) is 9.57. The summed E-state index contributed by atoms with van der Waals surface area (Å²) in [7, 11) is -3.07. The molecule has 0 aromatic rings. The van der Waals surface area contributed by atoms with Gasteiger partial charge in [0.15, 0.2) is 9.84 Å². The van der Waals surface area contributed by atoms with E-state index in [2.05, 4.69) is 5.32 Å². The van der Waals surface area contributed by atoms with Gasteiger partial charge in [0.2, 0.25) is 5.91 Å². The standard InChI is InChI=1S/C13H24N2O5S/c1-4-15(10(2)7-12(17)18)8-11(16)14-13(3)5-6-21(19,20)9-13/h10H,4-9H2,1-3H3,(H,14,16)(H,17,18). The topological polar surface area (TPSA) is 104 Å². The van der Waals surface area contributed by atoms with Crippen LogP contribution in [0.2, 0.25) is 0 Å². The molecule has 0 bridgehead atoms. The number of sulfone groups is 1. The Balaban J connectivity index is 2.57. The van der Waals surface area contributed by atoms with Gasteiger partial charge >= 0.3 is 5.97 Å². The number of aliphatic carboxylic acids is 1. The van der Waals surface area contributed by atoms with Gasteiger partial charge in [-0.3, -0.25) is 14.5 Å². The molecule has 1 aliphatic heterocycles. The molecule has 2 atom stereocenters. The Labute approximate surface area is 125 Å². The minimum Gasteiger partial charge on any atom is -0.481 e. The van der Waals surface area contributed by atoms with Crippen LogP contribution in [0.1, 0.15) is 33.6 Å². The van der Waals surface area contributed by atoms with E-state index in [0.29, 0.717) is 13.0 Å². The van der Waals surface area contributed by atoms with E-state index in [1.165, 1.54) is 0 Å². The van der Waals surface area contributed by atoms with E-state index in [1.54, 1.807) is 18.7 Å². The SMILES string of the molecule is CCN(CC(=O)NC1(C)CCS(=O)(=O)C1)C(C)CC(=O)O. The lowest BCUT2D eigenvalue weighted by Gasteiger charge is -2.29. The fraction of sp³-hybridized carbons (Fsp3) is 0.846. The molecule has 7 nitrogen and oxygen atoms in total. The fourth-order valence-electron chi connectivity index (χ4n) is 2.63. The Morgan fingerprint density at radius 3 is 2.48 bits per heavy atom. The van der Waals surface area contributed by atoms with Crippen LogP contribution >= 0.6 is 0 Å². The minimum absolute atomic E-state index is 0.0350. The quantitative estimate of drug-likeness (QED) is 0.677. The second-order valence-corrected chi connectivity index (χ2v) is 8.14. The van der Waals surface area contributed by atoms with Crippen molar-refractivity contribution in [3.63, 3.8) is 0 Å². The lowest BCUT2D eigenvalue weighted by molar-refractivity contribution is -0.139. The van der Waals surface area contributed by atoms with Crippen LogP contribution in [0.5, 0.6) is 0 Å². The molecule has 1 aliphatic rings. The monoisotopic (exact) mass is 320 g/mol. The van der Waals surface area contributed by atoms with Crippen LogP contribution in [0.15, 0.2) is 0 Å². The number of hydrogen-bond donors (Lipinski definition) is 2. The number of carboxylic acid groups (broad SMARTS) is 1. The summed E-state index contributed by atoms with van der Waals surface area (Å²) in [6.45, 7) is 5.96. The minimum atomic E-state index is -3.07. The lowest BCUT2D eigenvalue weighted by atomic mass is 10.0. The van der Waals surface area contributed by atoms with Gasteiger partial charge in [0.25, 0.3) is 0 Å². The molecule has 1 rings (SSSR count). The normalized spacial score (nSPS) is 25.7. The highest BCUT2D eigenvalue weighted by atomic mass is 32.2. The van der Waals surface area contributed by atoms with Crippen LogP contribution < -0.4 is 5.32 Å². The number of carbonyl (C=O) groups excluding carboxylic acids is 1. The van der Waals surface area contributed by atoms with Crippen LogP contribution in [0.3, 0.4) is 0 Å². The maximum absolute atomic E-state index is 12.1. The molecule has 0 saturated carbocycles. The van der Waals surface area contributed by atoms with E-state index in [0.717, 1.165) is 0 Å². The van der Waals surface area contributed by atoms with Crippen LogP contribution in [0, 0.1) is 0 Å². The molecule has 2 N–H and O–H groups in total. The third-order valence-corrected chi connectivity index (χ3v) is 5.69. The third-order valence-electron chi connectivity index (χ3n) is 3.79. The molecule has 8 heteroatoms. The van der Waals surface area contributed by atoms with E-state index in [9.17, 15) is 18.0 Å². The molecule has 0 aliphatic carbocycles. The summed E-state index contributed by atoms with van der Waals surface area (Å²) in [6.07, 6.45) is 0.380. The Hall–Kier alpha value is -1.15. The Morgan fingerprint density at radius 2 is 2.05 bits per heavy atom. The molecular formula is C13H24N2O5S. The van der Waals surface area contributed by atoms with E-state index < -0.39 is 21.3 Å². The Kier molecular flexibility index (Phi) is 5.75. The highest BCUT2D eigenvalue weighted by Crippen LogP contribution is 2.22. The predicted octanol–water partition coefficient (Wildman–Crippen LogP) is -0.135. The first-order valence-corrected chi connectivity index (χ1v) is 8.86. The average Bonchev–Trinajstić information content (AvgIpc) is 2.59. The van der Waals surface area contributed by atoms with E-state index in [-0.39, 0.29) is 36.4 Å². The number of amides is 1. The first kappa shape index (κ1) is 17.9. The van der Waals surface area contributed by atoms with Crippen molar-refractivity contribution >= 4 is 21.7 Å². The van der Waals surface area contributed by atoms with Crippen molar-refractivity contribution in [2.75, 3.05) is 24.6 Å². The molecular weight excluding hydrogens is 296 g/mol. The van der Waals surface area contributed by atoms with Gasteiger partial charge in [-0.1, -0.05) is 6.92 Å². The van der Waals surface area contributed by atoms with Gasteiger partial charge in [-0.05, 0) is 26.8 Å². The van der Waals surface area contributed by atoms with Crippen molar-refractivity contribution in [1.82, 2.24) is 10.2 Å². The maximum atomic E-state index is 12.1. The lowest BCUT2D eigenvalue weighted by Crippen LogP contribution is -2.51. The van der Waals surface area contributed by atoms with Crippen LogP contribution in [0.25, 0.3) is 0 Å². The number of rotatable bonds is 7. The summed E-state index contributed by atoms with van der Waals surface area (Å²) < 4.78 is 23.0. The molecule has 21 heavy (non-hydrogen) atoms. The molecule has 0 spiro atoms. The highest BCUT2D eigenvalue weighted by Gasteiger charge is 2.39. The molecule has 0 aromatic heterocycles. The van der Waals surface area contributed by atoms with Gasteiger partial charge < -0.3 is 10.4 Å². The van der Waals surface area contributed by atoms with Crippen molar-refractivity contribution in [2.45, 2.75) is 45.2 Å². The zero-order chi connectivity index (χ0) is 16.3. The van der Waals surface area contributed by atoms with Gasteiger partial charge in [-0.25, -0.2) is 8.42 Å². The number of carboxylic acids is 1.